The molecule has 100 valence electrons. The zero-order valence-corrected chi connectivity index (χ0v) is 14.3. The van der Waals surface area contributed by atoms with Crippen LogP contribution in [0.3, 0.4) is 0 Å². The first-order valence-corrected chi connectivity index (χ1v) is 8.86. The average molecular weight is 373 g/mol. The van der Waals surface area contributed by atoms with E-state index in [1.165, 1.54) is 4.88 Å². The van der Waals surface area contributed by atoms with Gasteiger partial charge in [0.2, 0.25) is 0 Å². The third-order valence-corrected chi connectivity index (χ3v) is 5.25. The highest BCUT2D eigenvalue weighted by Crippen LogP contribution is 2.28. The number of halogens is 1. The summed E-state index contributed by atoms with van der Waals surface area (Å²) in [5.74, 6) is 0. The molecule has 1 heterocycles. The molecule has 2 aromatic rings. The van der Waals surface area contributed by atoms with Gasteiger partial charge in [0.15, 0.2) is 0 Å². The zero-order valence-electron chi connectivity index (χ0n) is 10.3. The van der Waals surface area contributed by atoms with Crippen molar-refractivity contribution < 1.29 is 0 Å². The highest BCUT2D eigenvalue weighted by molar-refractivity contribution is 9.10. The van der Waals surface area contributed by atoms with Crippen LogP contribution in [-0.4, -0.2) is 11.2 Å². The molecule has 0 amide bonds. The molecule has 0 radical (unpaired) electrons. The number of anilines is 1. The third kappa shape index (κ3) is 3.72. The van der Waals surface area contributed by atoms with Crippen molar-refractivity contribution in [2.75, 3.05) is 11.6 Å². The van der Waals surface area contributed by atoms with E-state index in [-0.39, 0.29) is 0 Å². The van der Waals surface area contributed by atoms with Gasteiger partial charge in [-0.15, -0.1) is 23.1 Å². The van der Waals surface area contributed by atoms with Crippen LogP contribution in [0.2, 0.25) is 0 Å². The Morgan fingerprint density at radius 1 is 1.53 bits per heavy atom. The number of nitrogens with two attached hydrogens (primary N) is 1. The number of benzene rings is 1. The molecule has 0 aliphatic rings. The van der Waals surface area contributed by atoms with Gasteiger partial charge in [-0.1, -0.05) is 18.3 Å². The molecule has 0 atom stereocenters. The summed E-state index contributed by atoms with van der Waals surface area (Å²) in [6.07, 6.45) is 2.03. The van der Waals surface area contributed by atoms with E-state index < -0.39 is 0 Å². The van der Waals surface area contributed by atoms with Crippen LogP contribution in [0, 0.1) is 0 Å². The lowest BCUT2D eigenvalue weighted by Crippen LogP contribution is -2.14. The Morgan fingerprint density at radius 3 is 2.89 bits per heavy atom. The number of rotatable bonds is 5. The Kier molecular flexibility index (Phi) is 5.27. The first-order valence-electron chi connectivity index (χ1n) is 5.55. The van der Waals surface area contributed by atoms with Crippen LogP contribution >= 0.6 is 51.2 Å². The Hall–Kier alpha value is -0.560. The van der Waals surface area contributed by atoms with Gasteiger partial charge < -0.3 is 11.1 Å². The van der Waals surface area contributed by atoms with Gasteiger partial charge in [0.05, 0.1) is 0 Å². The molecule has 2 nitrogen and oxygen atoms in total. The van der Waals surface area contributed by atoms with Crippen molar-refractivity contribution in [2.24, 2.45) is 5.73 Å². The molecule has 0 aliphatic heterocycles. The summed E-state index contributed by atoms with van der Waals surface area (Å²) in [4.78, 5) is 2.79. The second-order valence-corrected chi connectivity index (χ2v) is 7.03. The fourth-order valence-electron chi connectivity index (χ4n) is 1.73. The maximum absolute atomic E-state index is 5.84. The van der Waals surface area contributed by atoms with Crippen molar-refractivity contribution >= 4 is 61.9 Å². The van der Waals surface area contributed by atoms with Gasteiger partial charge in [-0.25, -0.2) is 0 Å². The molecule has 6 heteroatoms. The normalized spacial score (nSPS) is 10.4. The van der Waals surface area contributed by atoms with Gasteiger partial charge in [-0.2, -0.15) is 0 Å². The fraction of sp³-hybridized carbons (Fsp3) is 0.154. The fourth-order valence-corrected chi connectivity index (χ4v) is 4.05. The summed E-state index contributed by atoms with van der Waals surface area (Å²) in [6.45, 7) is 0.768. The molecule has 0 saturated heterocycles. The highest BCUT2D eigenvalue weighted by Gasteiger charge is 2.10. The van der Waals surface area contributed by atoms with E-state index in [0.717, 1.165) is 27.2 Å². The standard InChI is InChI=1S/C13H13BrN2S3/c1-18-11-4-2-3-10(12(11)13(15)17)16-6-9-5-8(14)7-19-9/h2-5,7,16H,6H2,1H3,(H2,15,17). The smallest absolute Gasteiger partial charge is 0.107 e. The lowest BCUT2D eigenvalue weighted by atomic mass is 10.1. The Morgan fingerprint density at radius 2 is 2.32 bits per heavy atom. The average Bonchev–Trinajstić information content (AvgIpc) is 2.81. The largest absolute Gasteiger partial charge is 0.389 e. The summed E-state index contributed by atoms with van der Waals surface area (Å²) < 4.78 is 1.11. The lowest BCUT2D eigenvalue weighted by Gasteiger charge is -2.13. The van der Waals surface area contributed by atoms with E-state index in [9.17, 15) is 0 Å². The number of nitrogens with one attached hydrogen (secondary N) is 1. The molecular weight excluding hydrogens is 360 g/mol. The van der Waals surface area contributed by atoms with Crippen LogP contribution in [0.5, 0.6) is 0 Å². The van der Waals surface area contributed by atoms with Crippen LogP contribution in [0.15, 0.2) is 39.0 Å². The van der Waals surface area contributed by atoms with Crippen LogP contribution in [0.4, 0.5) is 5.69 Å². The van der Waals surface area contributed by atoms with Gasteiger partial charge in [0.25, 0.3) is 0 Å². The van der Waals surface area contributed by atoms with Crippen molar-refractivity contribution in [3.63, 3.8) is 0 Å². The third-order valence-electron chi connectivity index (χ3n) is 2.57. The number of thioether (sulfide) groups is 1. The minimum Gasteiger partial charge on any atom is -0.389 e. The quantitative estimate of drug-likeness (QED) is 0.599. The van der Waals surface area contributed by atoms with E-state index >= 15 is 0 Å². The maximum Gasteiger partial charge on any atom is 0.107 e. The summed E-state index contributed by atoms with van der Waals surface area (Å²) in [5.41, 5.74) is 7.76. The van der Waals surface area contributed by atoms with Gasteiger partial charge in [-0.3, -0.25) is 0 Å². The Labute approximate surface area is 134 Å². The molecule has 0 unspecified atom stereocenters. The molecule has 0 aliphatic carbocycles. The van der Waals surface area contributed by atoms with Crippen LogP contribution in [0.25, 0.3) is 0 Å². The van der Waals surface area contributed by atoms with Crippen molar-refractivity contribution in [2.45, 2.75) is 11.4 Å². The van der Waals surface area contributed by atoms with E-state index in [2.05, 4.69) is 32.7 Å². The van der Waals surface area contributed by atoms with Crippen LogP contribution in [-0.2, 0) is 6.54 Å². The summed E-state index contributed by atoms with van der Waals surface area (Å²) >= 11 is 12.0. The summed E-state index contributed by atoms with van der Waals surface area (Å²) in [7, 11) is 0. The molecule has 0 saturated carbocycles. The first kappa shape index (κ1) is 14.8. The number of hydrogen-bond donors (Lipinski definition) is 2. The number of thiophene rings is 1. The molecule has 0 bridgehead atoms. The summed E-state index contributed by atoms with van der Waals surface area (Å²) in [5, 5.41) is 5.48. The molecule has 1 aromatic carbocycles. The first-order chi connectivity index (χ1) is 9.11. The highest BCUT2D eigenvalue weighted by atomic mass is 79.9. The zero-order chi connectivity index (χ0) is 13.8. The Bertz CT molecular complexity index is 595. The van der Waals surface area contributed by atoms with Gasteiger partial charge >= 0.3 is 0 Å². The molecule has 3 N–H and O–H groups in total. The Balaban J connectivity index is 2.22. The van der Waals surface area contributed by atoms with Crippen molar-refractivity contribution in [1.29, 1.82) is 0 Å². The monoisotopic (exact) mass is 372 g/mol. The minimum atomic E-state index is 0.430. The summed E-state index contributed by atoms with van der Waals surface area (Å²) in [6, 6.07) is 8.17. The molecule has 0 fully saturated rings. The number of hydrogen-bond acceptors (Lipinski definition) is 4. The van der Waals surface area contributed by atoms with Gasteiger partial charge in [0.1, 0.15) is 4.99 Å². The van der Waals surface area contributed by atoms with E-state index in [4.69, 9.17) is 18.0 Å². The molecule has 19 heavy (non-hydrogen) atoms. The predicted molar refractivity (Wildman–Crippen MR) is 93.5 cm³/mol. The SMILES string of the molecule is CSc1cccc(NCc2cc(Br)cs2)c1C(N)=S. The minimum absolute atomic E-state index is 0.430. The van der Waals surface area contributed by atoms with Crippen molar-refractivity contribution in [3.05, 3.63) is 44.6 Å². The second kappa shape index (κ2) is 6.74. The maximum atomic E-state index is 5.84. The molecule has 0 spiro atoms. The van der Waals surface area contributed by atoms with Gasteiger partial charge in [-0.05, 0) is 40.4 Å². The van der Waals surface area contributed by atoms with Crippen LogP contribution in [0.1, 0.15) is 10.4 Å². The van der Waals surface area contributed by atoms with Gasteiger partial charge in [0, 0.05) is 37.4 Å². The predicted octanol–water partition coefficient (Wildman–Crippen LogP) is 4.48. The molecule has 1 aromatic heterocycles. The lowest BCUT2D eigenvalue weighted by molar-refractivity contribution is 1.18. The molecular formula is C13H13BrN2S3. The molecule has 2 rings (SSSR count). The van der Waals surface area contributed by atoms with Crippen LogP contribution < -0.4 is 11.1 Å². The second-order valence-electron chi connectivity index (χ2n) is 3.83. The van der Waals surface area contributed by atoms with Crippen molar-refractivity contribution in [1.82, 2.24) is 0 Å². The number of thiocarbonyl (C=S) groups is 1. The van der Waals surface area contributed by atoms with Crippen molar-refractivity contribution in [3.8, 4) is 0 Å². The van der Waals surface area contributed by atoms with E-state index in [1.54, 1.807) is 23.1 Å². The topological polar surface area (TPSA) is 38.0 Å². The van der Waals surface area contributed by atoms with E-state index in [1.807, 2.05) is 24.5 Å². The van der Waals surface area contributed by atoms with E-state index in [0.29, 0.717) is 4.99 Å².